The highest BCUT2D eigenvalue weighted by Crippen LogP contribution is 2.10. The van der Waals surface area contributed by atoms with Crippen LogP contribution in [0.4, 0.5) is 5.69 Å². The van der Waals surface area contributed by atoms with Gasteiger partial charge in [0.15, 0.2) is 5.11 Å². The van der Waals surface area contributed by atoms with Gasteiger partial charge in [-0.15, -0.1) is 0 Å². The molecule has 0 atom stereocenters. The third-order valence-electron chi connectivity index (χ3n) is 2.84. The Kier molecular flexibility index (Phi) is 6.13. The van der Waals surface area contributed by atoms with Crippen LogP contribution in [0, 0.1) is 3.57 Å². The van der Waals surface area contributed by atoms with Crippen LogP contribution in [0.3, 0.4) is 0 Å². The van der Waals surface area contributed by atoms with Gasteiger partial charge in [0.25, 0.3) is 0 Å². The summed E-state index contributed by atoms with van der Waals surface area (Å²) in [7, 11) is 0. The van der Waals surface area contributed by atoms with Crippen molar-refractivity contribution in [3.05, 3.63) is 63.7 Å². The van der Waals surface area contributed by atoms with Gasteiger partial charge < -0.3 is 10.6 Å². The van der Waals surface area contributed by atoms with E-state index in [-0.39, 0.29) is 5.91 Å². The lowest BCUT2D eigenvalue weighted by Gasteiger charge is -2.09. The summed E-state index contributed by atoms with van der Waals surface area (Å²) in [6, 6.07) is 17.7. The molecule has 3 nitrogen and oxygen atoms in total. The first-order valence-corrected chi connectivity index (χ1v) is 8.02. The summed E-state index contributed by atoms with van der Waals surface area (Å²) >= 11 is 7.37. The first-order valence-electron chi connectivity index (χ1n) is 6.54. The molecule has 0 aliphatic carbocycles. The van der Waals surface area contributed by atoms with E-state index in [1.54, 1.807) is 0 Å². The topological polar surface area (TPSA) is 41.1 Å². The van der Waals surface area contributed by atoms with E-state index in [1.165, 1.54) is 0 Å². The monoisotopic (exact) mass is 410 g/mol. The molecular weight excluding hydrogens is 395 g/mol. The van der Waals surface area contributed by atoms with Crippen molar-refractivity contribution < 1.29 is 4.79 Å². The fourth-order valence-corrected chi connectivity index (χ4v) is 2.38. The Labute approximate surface area is 143 Å². The van der Waals surface area contributed by atoms with E-state index in [9.17, 15) is 4.79 Å². The number of rotatable bonds is 4. The fourth-order valence-electron chi connectivity index (χ4n) is 1.79. The summed E-state index contributed by atoms with van der Waals surface area (Å²) in [6.07, 6.45) is 1.12. The Morgan fingerprint density at radius 3 is 2.38 bits per heavy atom. The molecule has 0 radical (unpaired) electrons. The Morgan fingerprint density at radius 1 is 1.05 bits per heavy atom. The molecule has 0 unspecified atom stereocenters. The number of aryl methyl sites for hydroxylation is 1. The van der Waals surface area contributed by atoms with Crippen molar-refractivity contribution in [3.8, 4) is 0 Å². The second-order valence-electron chi connectivity index (χ2n) is 4.49. The first-order chi connectivity index (χ1) is 10.1. The van der Waals surface area contributed by atoms with Crippen LogP contribution >= 0.6 is 34.8 Å². The Hall–Kier alpha value is -1.47. The van der Waals surface area contributed by atoms with Gasteiger partial charge in [-0.1, -0.05) is 30.3 Å². The van der Waals surface area contributed by atoms with Gasteiger partial charge in [0.05, 0.1) is 0 Å². The summed E-state index contributed by atoms with van der Waals surface area (Å²) in [6.45, 7) is 0. The van der Waals surface area contributed by atoms with E-state index in [0.29, 0.717) is 18.0 Å². The quantitative estimate of drug-likeness (QED) is 0.596. The number of carbonyl (C=O) groups is 1. The Bertz CT molecular complexity index is 614. The minimum Gasteiger partial charge on any atom is -0.332 e. The minimum absolute atomic E-state index is 0.0816. The molecule has 0 saturated carbocycles. The third-order valence-corrected chi connectivity index (χ3v) is 3.76. The highest BCUT2D eigenvalue weighted by Gasteiger charge is 2.05. The van der Waals surface area contributed by atoms with Gasteiger partial charge in [0, 0.05) is 15.7 Å². The summed E-state index contributed by atoms with van der Waals surface area (Å²) in [5.41, 5.74) is 2.01. The zero-order valence-electron chi connectivity index (χ0n) is 11.3. The van der Waals surface area contributed by atoms with E-state index in [4.69, 9.17) is 12.2 Å². The number of hydrogen-bond acceptors (Lipinski definition) is 2. The molecule has 0 aliphatic rings. The number of benzene rings is 2. The highest BCUT2D eigenvalue weighted by atomic mass is 127. The van der Waals surface area contributed by atoms with Gasteiger partial charge in [-0.2, -0.15) is 0 Å². The lowest BCUT2D eigenvalue weighted by molar-refractivity contribution is -0.119. The average Bonchev–Trinajstić information content (AvgIpc) is 2.48. The number of hydrogen-bond donors (Lipinski definition) is 2. The molecule has 0 bridgehead atoms. The van der Waals surface area contributed by atoms with Crippen molar-refractivity contribution in [1.29, 1.82) is 0 Å². The molecule has 0 aromatic heterocycles. The van der Waals surface area contributed by atoms with E-state index >= 15 is 0 Å². The highest BCUT2D eigenvalue weighted by molar-refractivity contribution is 14.1. The molecule has 2 N–H and O–H groups in total. The molecule has 108 valence electrons. The Balaban J connectivity index is 1.77. The van der Waals surface area contributed by atoms with Crippen LogP contribution < -0.4 is 10.6 Å². The van der Waals surface area contributed by atoms with Crippen LogP contribution in [-0.4, -0.2) is 11.0 Å². The molecule has 2 aromatic carbocycles. The summed E-state index contributed by atoms with van der Waals surface area (Å²) in [5.74, 6) is -0.0816. The van der Waals surface area contributed by atoms with Crippen molar-refractivity contribution in [3.63, 3.8) is 0 Å². The minimum atomic E-state index is -0.0816. The zero-order chi connectivity index (χ0) is 15.1. The predicted molar refractivity (Wildman–Crippen MR) is 98.3 cm³/mol. The van der Waals surface area contributed by atoms with E-state index in [2.05, 4.69) is 33.2 Å². The Morgan fingerprint density at radius 2 is 1.71 bits per heavy atom. The molecule has 2 aromatic rings. The zero-order valence-corrected chi connectivity index (χ0v) is 14.3. The van der Waals surface area contributed by atoms with Crippen LogP contribution in [0.25, 0.3) is 0 Å². The number of amides is 1. The van der Waals surface area contributed by atoms with Gasteiger partial charge in [0.1, 0.15) is 0 Å². The van der Waals surface area contributed by atoms with Crippen molar-refractivity contribution in [2.75, 3.05) is 5.32 Å². The van der Waals surface area contributed by atoms with Crippen molar-refractivity contribution >= 4 is 51.5 Å². The number of anilines is 1. The molecule has 0 fully saturated rings. The van der Waals surface area contributed by atoms with Gasteiger partial charge >= 0.3 is 0 Å². The second-order valence-corrected chi connectivity index (χ2v) is 6.15. The number of halogens is 1. The molecule has 0 aliphatic heterocycles. The first kappa shape index (κ1) is 15.9. The maximum absolute atomic E-state index is 11.8. The molecule has 21 heavy (non-hydrogen) atoms. The maximum atomic E-state index is 11.8. The maximum Gasteiger partial charge on any atom is 0.226 e. The summed E-state index contributed by atoms with van der Waals surface area (Å²) < 4.78 is 1.15. The normalized spacial score (nSPS) is 9.95. The summed E-state index contributed by atoms with van der Waals surface area (Å²) in [4.78, 5) is 11.8. The van der Waals surface area contributed by atoms with Crippen molar-refractivity contribution in [2.45, 2.75) is 12.8 Å². The van der Waals surface area contributed by atoms with E-state index < -0.39 is 0 Å². The SMILES string of the molecule is O=C(CCc1ccccc1)NC(=S)Nc1ccc(I)cc1. The molecule has 0 heterocycles. The molecule has 0 spiro atoms. The average molecular weight is 410 g/mol. The number of nitrogens with one attached hydrogen (secondary N) is 2. The van der Waals surface area contributed by atoms with Crippen LogP contribution in [0.1, 0.15) is 12.0 Å². The van der Waals surface area contributed by atoms with Crippen LogP contribution in [0.15, 0.2) is 54.6 Å². The lowest BCUT2D eigenvalue weighted by Crippen LogP contribution is -2.34. The molecule has 0 saturated heterocycles. The standard InChI is InChI=1S/C16H15IN2OS/c17-13-7-9-14(10-8-13)18-16(21)19-15(20)11-6-12-4-2-1-3-5-12/h1-5,7-10H,6,11H2,(H2,18,19,20,21). The van der Waals surface area contributed by atoms with Crippen molar-refractivity contribution in [2.24, 2.45) is 0 Å². The largest absolute Gasteiger partial charge is 0.332 e. The molecule has 5 heteroatoms. The van der Waals surface area contributed by atoms with Gasteiger partial charge in [-0.25, -0.2) is 0 Å². The molecule has 2 rings (SSSR count). The van der Waals surface area contributed by atoms with Gasteiger partial charge in [0.2, 0.25) is 5.91 Å². The fraction of sp³-hybridized carbons (Fsp3) is 0.125. The van der Waals surface area contributed by atoms with Crippen molar-refractivity contribution in [1.82, 2.24) is 5.32 Å². The third kappa shape index (κ3) is 5.81. The molecular formula is C16H15IN2OS. The second kappa shape index (κ2) is 8.09. The van der Waals surface area contributed by atoms with Crippen LogP contribution in [0.2, 0.25) is 0 Å². The molecule has 1 amide bonds. The van der Waals surface area contributed by atoms with Crippen LogP contribution in [0.5, 0.6) is 0 Å². The van der Waals surface area contributed by atoms with E-state index in [1.807, 2.05) is 54.6 Å². The summed E-state index contributed by atoms with van der Waals surface area (Å²) in [5, 5.41) is 6.02. The smallest absolute Gasteiger partial charge is 0.226 e. The van der Waals surface area contributed by atoms with Gasteiger partial charge in [-0.05, 0) is 71.1 Å². The van der Waals surface area contributed by atoms with Gasteiger partial charge in [-0.3, -0.25) is 4.79 Å². The number of thiocarbonyl (C=S) groups is 1. The lowest BCUT2D eigenvalue weighted by atomic mass is 10.1. The predicted octanol–water partition coefficient (Wildman–Crippen LogP) is 3.74. The number of carbonyl (C=O) groups excluding carboxylic acids is 1. The van der Waals surface area contributed by atoms with E-state index in [0.717, 1.165) is 14.8 Å². The van der Waals surface area contributed by atoms with Crippen LogP contribution in [-0.2, 0) is 11.2 Å².